The Morgan fingerprint density at radius 2 is 0.415 bits per heavy atom. The molecule has 0 amide bonds. The van der Waals surface area contributed by atoms with Gasteiger partial charge >= 0.3 is 17.9 Å². The normalized spacial score (nSPS) is 11.9. The summed E-state index contributed by atoms with van der Waals surface area (Å²) < 4.78 is 16.8. The van der Waals surface area contributed by atoms with E-state index in [1.807, 2.05) is 0 Å². The molecule has 0 heterocycles. The van der Waals surface area contributed by atoms with Crippen molar-refractivity contribution in [3.8, 4) is 0 Å². The minimum absolute atomic E-state index is 0.0615. The SMILES string of the molecule is CCCCCCCCCCCCCCCCCCCCCCCCCCC(=O)OCC(COC(=O)CCCCCCCCCCC)OC(=O)CCCCCCCCCCCCCCCC. The first-order valence-electron chi connectivity index (χ1n) is 29.5. The number of esters is 3. The van der Waals surface area contributed by atoms with Crippen molar-refractivity contribution >= 4 is 17.9 Å². The van der Waals surface area contributed by atoms with E-state index in [4.69, 9.17) is 14.2 Å². The van der Waals surface area contributed by atoms with E-state index in [0.717, 1.165) is 57.8 Å². The van der Waals surface area contributed by atoms with Crippen molar-refractivity contribution in [2.75, 3.05) is 13.2 Å². The number of hydrogen-bond acceptors (Lipinski definition) is 6. The fourth-order valence-corrected chi connectivity index (χ4v) is 9.15. The molecule has 0 spiro atoms. The van der Waals surface area contributed by atoms with Crippen molar-refractivity contribution in [2.45, 2.75) is 348 Å². The van der Waals surface area contributed by atoms with Crippen LogP contribution >= 0.6 is 0 Å². The van der Waals surface area contributed by atoms with Crippen LogP contribution in [0.15, 0.2) is 0 Å². The Hall–Kier alpha value is -1.59. The lowest BCUT2D eigenvalue weighted by molar-refractivity contribution is -0.167. The fraction of sp³-hybridized carbons (Fsp3) is 0.949. The van der Waals surface area contributed by atoms with E-state index in [9.17, 15) is 14.4 Å². The van der Waals surface area contributed by atoms with Crippen LogP contribution in [0.4, 0.5) is 0 Å². The van der Waals surface area contributed by atoms with Gasteiger partial charge in [0, 0.05) is 19.3 Å². The van der Waals surface area contributed by atoms with E-state index in [2.05, 4.69) is 20.8 Å². The highest BCUT2D eigenvalue weighted by atomic mass is 16.6. The molecule has 65 heavy (non-hydrogen) atoms. The number of carbonyl (C=O) groups is 3. The van der Waals surface area contributed by atoms with Crippen LogP contribution in [-0.4, -0.2) is 37.2 Å². The summed E-state index contributed by atoms with van der Waals surface area (Å²) in [5, 5.41) is 0. The molecule has 0 aromatic rings. The van der Waals surface area contributed by atoms with Crippen molar-refractivity contribution < 1.29 is 28.6 Å². The van der Waals surface area contributed by atoms with Crippen LogP contribution in [0.25, 0.3) is 0 Å². The van der Waals surface area contributed by atoms with Gasteiger partial charge in [-0.15, -0.1) is 0 Å². The number of hydrogen-bond donors (Lipinski definition) is 0. The van der Waals surface area contributed by atoms with Crippen molar-refractivity contribution in [1.82, 2.24) is 0 Å². The van der Waals surface area contributed by atoms with E-state index in [0.29, 0.717) is 19.3 Å². The molecule has 0 aliphatic rings. The molecule has 0 radical (unpaired) electrons. The van der Waals surface area contributed by atoms with E-state index < -0.39 is 6.10 Å². The number of ether oxygens (including phenoxy) is 3. The van der Waals surface area contributed by atoms with Gasteiger partial charge < -0.3 is 14.2 Å². The monoisotopic (exact) mass is 919 g/mol. The summed E-state index contributed by atoms with van der Waals surface area (Å²) in [5.74, 6) is -0.838. The van der Waals surface area contributed by atoms with Crippen LogP contribution in [0, 0.1) is 0 Å². The third-order valence-corrected chi connectivity index (χ3v) is 13.6. The topological polar surface area (TPSA) is 78.9 Å². The fourth-order valence-electron chi connectivity index (χ4n) is 9.15. The summed E-state index contributed by atoms with van der Waals surface area (Å²) in [5.41, 5.74) is 0. The molecule has 0 rings (SSSR count). The molecule has 0 N–H and O–H groups in total. The van der Waals surface area contributed by atoms with Gasteiger partial charge in [-0.1, -0.05) is 303 Å². The molecular formula is C59H114O6. The Morgan fingerprint density at radius 3 is 0.615 bits per heavy atom. The zero-order valence-corrected chi connectivity index (χ0v) is 44.3. The predicted octanol–water partition coefficient (Wildman–Crippen LogP) is 19.5. The minimum Gasteiger partial charge on any atom is -0.462 e. The highest BCUT2D eigenvalue weighted by molar-refractivity contribution is 5.71. The molecule has 6 nitrogen and oxygen atoms in total. The molecule has 0 aromatic carbocycles. The van der Waals surface area contributed by atoms with E-state index in [1.54, 1.807) is 0 Å². The Balaban J connectivity index is 4.11. The molecule has 386 valence electrons. The molecule has 0 saturated carbocycles. The summed E-state index contributed by atoms with van der Waals surface area (Å²) in [6.07, 6.45) is 61.1. The summed E-state index contributed by atoms with van der Waals surface area (Å²) >= 11 is 0. The second-order valence-corrected chi connectivity index (χ2v) is 20.3. The number of rotatable bonds is 55. The van der Waals surface area contributed by atoms with Gasteiger partial charge in [0.05, 0.1) is 0 Å². The van der Waals surface area contributed by atoms with E-state index >= 15 is 0 Å². The average Bonchev–Trinajstić information content (AvgIpc) is 3.30. The van der Waals surface area contributed by atoms with Gasteiger partial charge in [0.2, 0.25) is 0 Å². The molecule has 1 unspecified atom stereocenters. The van der Waals surface area contributed by atoms with Gasteiger partial charge in [0.15, 0.2) is 6.10 Å². The second kappa shape index (κ2) is 55.0. The highest BCUT2D eigenvalue weighted by Crippen LogP contribution is 2.18. The summed E-state index contributed by atoms with van der Waals surface area (Å²) in [4.78, 5) is 38.0. The zero-order valence-electron chi connectivity index (χ0n) is 44.3. The Bertz CT molecular complexity index is 967. The lowest BCUT2D eigenvalue weighted by Crippen LogP contribution is -2.30. The lowest BCUT2D eigenvalue weighted by atomic mass is 10.0. The Kier molecular flexibility index (Phi) is 53.7. The van der Waals surface area contributed by atoms with Gasteiger partial charge in [-0.3, -0.25) is 14.4 Å². The third kappa shape index (κ3) is 53.2. The maximum absolute atomic E-state index is 12.8. The molecule has 0 aromatic heterocycles. The van der Waals surface area contributed by atoms with Crippen LogP contribution in [0.1, 0.15) is 342 Å². The molecule has 1 atom stereocenters. The van der Waals surface area contributed by atoms with Gasteiger partial charge in [-0.2, -0.15) is 0 Å². The third-order valence-electron chi connectivity index (χ3n) is 13.6. The van der Waals surface area contributed by atoms with E-state index in [-0.39, 0.29) is 31.1 Å². The second-order valence-electron chi connectivity index (χ2n) is 20.3. The molecule has 0 saturated heterocycles. The predicted molar refractivity (Wildman–Crippen MR) is 280 cm³/mol. The minimum atomic E-state index is -0.760. The first-order valence-corrected chi connectivity index (χ1v) is 29.5. The van der Waals surface area contributed by atoms with Crippen molar-refractivity contribution in [2.24, 2.45) is 0 Å². The molecular weight excluding hydrogens is 805 g/mol. The van der Waals surface area contributed by atoms with Gasteiger partial charge in [-0.25, -0.2) is 0 Å². The van der Waals surface area contributed by atoms with Crippen LogP contribution < -0.4 is 0 Å². The first-order chi connectivity index (χ1) is 32.0. The largest absolute Gasteiger partial charge is 0.462 e. The average molecular weight is 920 g/mol. The molecule has 0 aliphatic heterocycles. The molecule has 0 aliphatic carbocycles. The zero-order chi connectivity index (χ0) is 47.2. The summed E-state index contributed by atoms with van der Waals surface area (Å²) in [6, 6.07) is 0. The van der Waals surface area contributed by atoms with Gasteiger partial charge in [0.25, 0.3) is 0 Å². The summed E-state index contributed by atoms with van der Waals surface area (Å²) in [6.45, 7) is 6.68. The van der Waals surface area contributed by atoms with Crippen molar-refractivity contribution in [1.29, 1.82) is 0 Å². The molecule has 0 bridgehead atoms. The lowest BCUT2D eigenvalue weighted by Gasteiger charge is -2.18. The Morgan fingerprint density at radius 1 is 0.246 bits per heavy atom. The van der Waals surface area contributed by atoms with Crippen molar-refractivity contribution in [3.63, 3.8) is 0 Å². The maximum Gasteiger partial charge on any atom is 0.306 e. The first kappa shape index (κ1) is 63.4. The molecule has 6 heteroatoms. The standard InChI is InChI=1S/C59H114O6/c1-4-7-10-13-16-19-21-23-25-26-27-28-29-30-31-32-33-34-36-37-40-43-46-49-52-58(61)64-55-56(54-63-57(60)51-48-45-42-39-18-15-12-9-6-3)65-59(62)53-50-47-44-41-38-35-24-22-20-17-14-11-8-5-2/h56H,4-55H2,1-3H3. The maximum atomic E-state index is 12.8. The Labute approximate surface area is 406 Å². The molecule has 0 fully saturated rings. The smallest absolute Gasteiger partial charge is 0.306 e. The van der Waals surface area contributed by atoms with E-state index in [1.165, 1.54) is 244 Å². The number of carbonyl (C=O) groups excluding carboxylic acids is 3. The van der Waals surface area contributed by atoms with Crippen LogP contribution in [0.2, 0.25) is 0 Å². The quantitative estimate of drug-likeness (QED) is 0.0344. The number of unbranched alkanes of at least 4 members (excludes halogenated alkanes) is 44. The van der Waals surface area contributed by atoms with Crippen molar-refractivity contribution in [3.05, 3.63) is 0 Å². The van der Waals surface area contributed by atoms with Gasteiger partial charge in [0.1, 0.15) is 13.2 Å². The summed E-state index contributed by atoms with van der Waals surface area (Å²) in [7, 11) is 0. The van der Waals surface area contributed by atoms with Crippen LogP contribution in [0.3, 0.4) is 0 Å². The van der Waals surface area contributed by atoms with Crippen LogP contribution in [-0.2, 0) is 28.6 Å². The highest BCUT2D eigenvalue weighted by Gasteiger charge is 2.19. The van der Waals surface area contributed by atoms with Gasteiger partial charge in [-0.05, 0) is 19.3 Å². The van der Waals surface area contributed by atoms with Crippen LogP contribution in [0.5, 0.6) is 0 Å².